The summed E-state index contributed by atoms with van der Waals surface area (Å²) < 4.78 is 103. The van der Waals surface area contributed by atoms with Crippen molar-refractivity contribution in [2.24, 2.45) is 17.8 Å². The van der Waals surface area contributed by atoms with Gasteiger partial charge in [-0.15, -0.1) is 0 Å². The van der Waals surface area contributed by atoms with E-state index < -0.39 is 99.1 Å². The monoisotopic (exact) mass is 881 g/mol. The Kier molecular flexibility index (Phi) is 11.7. The van der Waals surface area contributed by atoms with E-state index in [0.29, 0.717) is 55.6 Å². The van der Waals surface area contributed by atoms with Gasteiger partial charge in [-0.2, -0.15) is 13.2 Å². The van der Waals surface area contributed by atoms with E-state index in [1.54, 1.807) is 37.3 Å². The molecule has 0 unspecified atom stereocenters. The number of fused-ring (bicyclic) bond motifs is 5. The van der Waals surface area contributed by atoms with E-state index >= 15 is 4.79 Å². The lowest BCUT2D eigenvalue weighted by atomic mass is 9.82. The molecule has 1 aromatic heterocycles. The number of alkyl halides is 4. The average molecular weight is 882 g/mol. The van der Waals surface area contributed by atoms with Gasteiger partial charge in [0.2, 0.25) is 27.7 Å². The maximum absolute atomic E-state index is 15.2. The summed E-state index contributed by atoms with van der Waals surface area (Å²) in [6.07, 6.45) is -2.43. The quantitative estimate of drug-likeness (QED) is 0.220. The number of sulfonamides is 1. The molecule has 4 heterocycles. The maximum atomic E-state index is 15.2. The van der Waals surface area contributed by atoms with Crippen molar-refractivity contribution in [3.8, 4) is 17.4 Å². The molecule has 1 saturated heterocycles. The lowest BCUT2D eigenvalue weighted by Gasteiger charge is -2.46. The number of hydrogen-bond donors (Lipinski definition) is 3. The molecule has 334 valence electrons. The zero-order valence-corrected chi connectivity index (χ0v) is 35.1. The van der Waals surface area contributed by atoms with Crippen LogP contribution in [0.3, 0.4) is 0 Å². The molecule has 2 saturated carbocycles. The van der Waals surface area contributed by atoms with Crippen LogP contribution >= 0.6 is 0 Å². The molecule has 20 heteroatoms. The van der Waals surface area contributed by atoms with Gasteiger partial charge in [-0.05, 0) is 82.4 Å². The summed E-state index contributed by atoms with van der Waals surface area (Å²) in [5, 5.41) is 14.3. The van der Waals surface area contributed by atoms with Gasteiger partial charge in [0.25, 0.3) is 5.91 Å². The lowest BCUT2D eigenvalue weighted by Crippen LogP contribution is -2.66. The number of carboxylic acid groups (broad SMARTS) is 1. The van der Waals surface area contributed by atoms with Crippen molar-refractivity contribution in [2.45, 2.75) is 119 Å². The van der Waals surface area contributed by atoms with Gasteiger partial charge < -0.3 is 29.5 Å². The van der Waals surface area contributed by atoms with Crippen molar-refractivity contribution < 1.29 is 64.5 Å². The zero-order valence-electron chi connectivity index (χ0n) is 34.3. The summed E-state index contributed by atoms with van der Waals surface area (Å²) in [6, 6.07) is 1.58. The molecule has 0 spiro atoms. The van der Waals surface area contributed by atoms with Crippen molar-refractivity contribution in [1.82, 2.24) is 24.8 Å². The first kappa shape index (κ1) is 44.2. The molecule has 7 rings (SSSR count). The Morgan fingerprint density at radius 2 is 1.84 bits per heavy atom. The Bertz CT molecular complexity index is 2220. The number of carbonyl (C=O) groups is 4. The highest BCUT2D eigenvalue weighted by atomic mass is 32.2. The largest absolute Gasteiger partial charge is 0.486 e. The Morgan fingerprint density at radius 1 is 1.11 bits per heavy atom. The van der Waals surface area contributed by atoms with E-state index in [2.05, 4.69) is 10.3 Å². The minimum atomic E-state index is -5.12. The molecule has 5 aliphatic rings. The summed E-state index contributed by atoms with van der Waals surface area (Å²) in [7, 11) is -4.51. The predicted molar refractivity (Wildman–Crippen MR) is 211 cm³/mol. The minimum Gasteiger partial charge on any atom is -0.486 e. The average Bonchev–Trinajstić information content (AvgIpc) is 4.11. The fraction of sp³-hybridized carbons (Fsp3) is 0.634. The van der Waals surface area contributed by atoms with E-state index in [1.807, 2.05) is 11.6 Å². The highest BCUT2D eigenvalue weighted by Crippen LogP contribution is 2.49. The van der Waals surface area contributed by atoms with E-state index in [-0.39, 0.29) is 61.8 Å². The van der Waals surface area contributed by atoms with Crippen LogP contribution in [0.1, 0.15) is 79.1 Å². The number of nitrogens with zero attached hydrogens (tertiary/aromatic N) is 3. The van der Waals surface area contributed by atoms with Crippen molar-refractivity contribution >= 4 is 44.6 Å². The smallest absolute Gasteiger partial charge is 0.411 e. The van der Waals surface area contributed by atoms with Gasteiger partial charge in [-0.25, -0.2) is 22.6 Å². The van der Waals surface area contributed by atoms with Crippen LogP contribution in [0.15, 0.2) is 36.5 Å². The summed E-state index contributed by atoms with van der Waals surface area (Å²) in [4.78, 5) is 62.4. The number of pyridine rings is 1. The van der Waals surface area contributed by atoms with Crippen molar-refractivity contribution in [1.29, 1.82) is 0 Å². The number of halogens is 4. The first-order valence-corrected chi connectivity index (χ1v) is 22.0. The Morgan fingerprint density at radius 3 is 2.49 bits per heavy atom. The van der Waals surface area contributed by atoms with Crippen LogP contribution < -0.4 is 24.2 Å². The molecule has 7 atom stereocenters. The molecule has 2 aromatic rings. The van der Waals surface area contributed by atoms with Crippen molar-refractivity contribution in [3.63, 3.8) is 0 Å². The second kappa shape index (κ2) is 16.1. The number of rotatable bonds is 9. The van der Waals surface area contributed by atoms with Gasteiger partial charge in [0.1, 0.15) is 53.9 Å². The molecule has 3 fully saturated rings. The molecule has 61 heavy (non-hydrogen) atoms. The number of amides is 4. The topological polar surface area (TPSA) is 194 Å². The van der Waals surface area contributed by atoms with Crippen LogP contribution in [0.5, 0.6) is 17.4 Å². The summed E-state index contributed by atoms with van der Waals surface area (Å²) in [5.74, 6) is -3.97. The number of benzene rings is 1. The molecule has 3 N–H and O–H groups in total. The van der Waals surface area contributed by atoms with Crippen molar-refractivity contribution in [3.05, 3.63) is 36.5 Å². The van der Waals surface area contributed by atoms with Crippen LogP contribution in [0.2, 0.25) is 0 Å². The SMILES string of the molecule is CC[C@@H]1C[C@H](C)CCC=C[C@@H]2C[C@@]2(C(=O)NS(=O)(=O)C2(CF)CC2)NC(=O)[C@@H]2C[C@@H](Oc3nccc4c5c(ccc34)OCCO5)CN2C(=O)[C@H]1N(C(=O)O)C(C)(C)C(F)(F)F. The third-order valence-electron chi connectivity index (χ3n) is 13.1. The molecule has 3 aliphatic heterocycles. The number of ether oxygens (including phenoxy) is 3. The van der Waals surface area contributed by atoms with Crippen LogP contribution in [0.25, 0.3) is 10.8 Å². The fourth-order valence-electron chi connectivity index (χ4n) is 8.91. The molecule has 1 aromatic carbocycles. The van der Waals surface area contributed by atoms with E-state index in [4.69, 9.17) is 14.2 Å². The highest BCUT2D eigenvalue weighted by Gasteiger charge is 2.64. The molecule has 0 radical (unpaired) electrons. The lowest BCUT2D eigenvalue weighted by molar-refractivity contribution is -0.222. The third-order valence-corrected chi connectivity index (χ3v) is 15.2. The Balaban J connectivity index is 1.30. The highest BCUT2D eigenvalue weighted by molar-refractivity contribution is 7.91. The number of hydrogen-bond acceptors (Lipinski definition) is 10. The van der Waals surface area contributed by atoms with Gasteiger partial charge in [0.15, 0.2) is 11.5 Å². The normalized spacial score (nSPS) is 29.0. The summed E-state index contributed by atoms with van der Waals surface area (Å²) >= 11 is 0. The molecular weight excluding hydrogens is 831 g/mol. The summed E-state index contributed by atoms with van der Waals surface area (Å²) in [5.41, 5.74) is -4.92. The Labute approximate surface area is 350 Å². The molecule has 4 amide bonds. The summed E-state index contributed by atoms with van der Waals surface area (Å²) in [6.45, 7) is 3.87. The van der Waals surface area contributed by atoms with Crippen LogP contribution in [-0.2, 0) is 24.4 Å². The standard InChI is InChI=1S/C41H51F4N5O10S/c1-5-24-18-23(2)8-6-7-9-25-20-40(25,36(53)48-61(56,57)39(22-42)13-14-39)47-33(51)29-19-26(21-49(29)35(52)31(24)50(37(54)55)38(3,4)41(43,44)45)60-34-28-10-11-30-32(59-17-16-58-30)27(28)12-15-46-34/h7,9-12,15,23-26,29,31H,5-6,8,13-14,16-22H2,1-4H3,(H,47,51)(H,48,53)(H,54,55)/t23-,24-,25-,26-,29+,31+,40-/m1/s1. The van der Waals surface area contributed by atoms with Gasteiger partial charge >= 0.3 is 12.3 Å². The molecule has 2 aliphatic carbocycles. The first-order valence-electron chi connectivity index (χ1n) is 20.5. The van der Waals surface area contributed by atoms with Gasteiger partial charge in [0.05, 0.1) is 6.54 Å². The van der Waals surface area contributed by atoms with Crippen LogP contribution in [0, 0.1) is 17.8 Å². The van der Waals surface area contributed by atoms with Gasteiger partial charge in [-0.1, -0.05) is 32.4 Å². The second-order valence-corrected chi connectivity index (χ2v) is 19.6. The van der Waals surface area contributed by atoms with Crippen LogP contribution in [0.4, 0.5) is 22.4 Å². The zero-order chi connectivity index (χ0) is 44.3. The van der Waals surface area contributed by atoms with Gasteiger partial charge in [-0.3, -0.25) is 24.0 Å². The van der Waals surface area contributed by atoms with Crippen molar-refractivity contribution in [2.75, 3.05) is 26.4 Å². The van der Waals surface area contributed by atoms with Gasteiger partial charge in [0, 0.05) is 29.3 Å². The predicted octanol–water partition coefficient (Wildman–Crippen LogP) is 5.27. The maximum Gasteiger partial charge on any atom is 0.411 e. The first-order chi connectivity index (χ1) is 28.7. The fourth-order valence-corrected chi connectivity index (χ4v) is 10.3. The second-order valence-electron chi connectivity index (χ2n) is 17.5. The molecule has 0 bridgehead atoms. The van der Waals surface area contributed by atoms with E-state index in [0.717, 1.165) is 4.90 Å². The molecule has 15 nitrogen and oxygen atoms in total. The number of allylic oxidation sites excluding steroid dienone is 1. The number of carbonyl (C=O) groups excluding carboxylic acids is 3. The minimum absolute atomic E-state index is 0.000777. The molecular formula is C41H51F4N5O10S. The van der Waals surface area contributed by atoms with Crippen LogP contribution in [-0.4, -0.2) is 119 Å². The number of aromatic nitrogens is 1. The van der Waals surface area contributed by atoms with E-state index in [1.165, 1.54) is 6.20 Å². The Hall–Kier alpha value is -4.88. The number of nitrogens with one attached hydrogen (secondary N) is 2. The third kappa shape index (κ3) is 8.04. The van der Waals surface area contributed by atoms with E-state index in [9.17, 15) is 45.5 Å².